The van der Waals surface area contributed by atoms with E-state index in [0.29, 0.717) is 11.1 Å². The molecule has 0 unspecified atom stereocenters. The molecule has 74 valence electrons. The summed E-state index contributed by atoms with van der Waals surface area (Å²) < 4.78 is 5.07. The molecule has 15 heavy (non-hydrogen) atoms. The molecule has 1 aromatic carbocycles. The molecule has 0 saturated heterocycles. The Morgan fingerprint density at radius 1 is 1.40 bits per heavy atom. The monoisotopic (exact) mass is 200 g/mol. The Balaban J connectivity index is 2.59. The van der Waals surface area contributed by atoms with Gasteiger partial charge in [0, 0.05) is 5.39 Å². The largest absolute Gasteiger partial charge is 0.417 e. The first-order valence-electron chi connectivity index (χ1n) is 4.62. The fourth-order valence-corrected chi connectivity index (χ4v) is 1.71. The van der Waals surface area contributed by atoms with Crippen molar-refractivity contribution < 1.29 is 4.42 Å². The third kappa shape index (κ3) is 1.15. The Labute approximate surface area is 84.6 Å². The van der Waals surface area contributed by atoms with Gasteiger partial charge >= 0.3 is 5.76 Å². The SMILES string of the molecule is Cc1ccc2c(c1)ncc1[nH]c(=O)oc12. The van der Waals surface area contributed by atoms with Gasteiger partial charge in [0.15, 0.2) is 5.58 Å². The highest BCUT2D eigenvalue weighted by molar-refractivity contribution is 6.00. The van der Waals surface area contributed by atoms with E-state index in [-0.39, 0.29) is 0 Å². The Morgan fingerprint density at radius 2 is 2.27 bits per heavy atom. The smallest absolute Gasteiger partial charge is 0.407 e. The predicted molar refractivity (Wildman–Crippen MR) is 56.9 cm³/mol. The van der Waals surface area contributed by atoms with Gasteiger partial charge in [-0.15, -0.1) is 0 Å². The molecule has 0 spiro atoms. The van der Waals surface area contributed by atoms with Crippen LogP contribution in [0, 0.1) is 6.92 Å². The number of oxazole rings is 1. The molecular formula is C11H8N2O2. The number of aromatic nitrogens is 2. The first-order chi connectivity index (χ1) is 7.24. The zero-order valence-corrected chi connectivity index (χ0v) is 8.07. The van der Waals surface area contributed by atoms with Gasteiger partial charge in [-0.05, 0) is 24.6 Å². The van der Waals surface area contributed by atoms with Crippen LogP contribution in [0.2, 0.25) is 0 Å². The average molecular weight is 200 g/mol. The summed E-state index contributed by atoms with van der Waals surface area (Å²) in [5, 5.41) is 0.858. The molecule has 0 aliphatic rings. The van der Waals surface area contributed by atoms with Gasteiger partial charge < -0.3 is 4.42 Å². The average Bonchev–Trinajstić information content (AvgIpc) is 2.58. The number of nitrogens with one attached hydrogen (secondary N) is 1. The summed E-state index contributed by atoms with van der Waals surface area (Å²) >= 11 is 0. The molecule has 4 heteroatoms. The summed E-state index contributed by atoms with van der Waals surface area (Å²) in [6.07, 6.45) is 1.61. The molecule has 0 bridgehead atoms. The molecule has 0 aliphatic heterocycles. The summed E-state index contributed by atoms with van der Waals surface area (Å²) in [6.45, 7) is 2.00. The van der Waals surface area contributed by atoms with E-state index in [4.69, 9.17) is 4.42 Å². The second kappa shape index (κ2) is 2.70. The first kappa shape index (κ1) is 8.23. The van der Waals surface area contributed by atoms with Crippen molar-refractivity contribution in [3.8, 4) is 0 Å². The van der Waals surface area contributed by atoms with Crippen LogP contribution in [0.15, 0.2) is 33.6 Å². The standard InChI is InChI=1S/C11H8N2O2/c1-6-2-3-7-8(4-6)12-5-9-10(7)15-11(14)13-9/h2-5H,1H3,(H,13,14). The molecule has 0 saturated carbocycles. The predicted octanol–water partition coefficient (Wildman–Crippen LogP) is 1.98. The molecule has 0 radical (unpaired) electrons. The second-order valence-electron chi connectivity index (χ2n) is 3.54. The van der Waals surface area contributed by atoms with E-state index in [9.17, 15) is 4.79 Å². The van der Waals surface area contributed by atoms with Gasteiger partial charge in [0.05, 0.1) is 11.7 Å². The van der Waals surface area contributed by atoms with E-state index < -0.39 is 5.76 Å². The third-order valence-electron chi connectivity index (χ3n) is 2.41. The molecule has 2 aromatic heterocycles. The zero-order chi connectivity index (χ0) is 10.4. The fraction of sp³-hybridized carbons (Fsp3) is 0.0909. The van der Waals surface area contributed by atoms with Gasteiger partial charge in [0.25, 0.3) is 0 Å². The zero-order valence-electron chi connectivity index (χ0n) is 8.07. The highest BCUT2D eigenvalue weighted by Gasteiger charge is 2.06. The molecule has 3 rings (SSSR count). The topological polar surface area (TPSA) is 58.9 Å². The van der Waals surface area contributed by atoms with Crippen LogP contribution in [-0.2, 0) is 0 Å². The molecule has 0 aliphatic carbocycles. The number of hydrogen-bond acceptors (Lipinski definition) is 3. The molecule has 0 amide bonds. The molecule has 3 aromatic rings. The number of rotatable bonds is 0. The van der Waals surface area contributed by atoms with Gasteiger partial charge in [-0.1, -0.05) is 6.07 Å². The Kier molecular flexibility index (Phi) is 1.48. The maximum atomic E-state index is 11.0. The van der Waals surface area contributed by atoms with Crippen molar-refractivity contribution >= 4 is 22.0 Å². The van der Waals surface area contributed by atoms with E-state index in [1.807, 2.05) is 25.1 Å². The second-order valence-corrected chi connectivity index (χ2v) is 3.54. The number of benzene rings is 1. The van der Waals surface area contributed by atoms with E-state index in [0.717, 1.165) is 16.5 Å². The molecule has 1 N–H and O–H groups in total. The highest BCUT2D eigenvalue weighted by atomic mass is 16.4. The lowest BCUT2D eigenvalue weighted by molar-refractivity contribution is 0.558. The van der Waals surface area contributed by atoms with E-state index in [2.05, 4.69) is 9.97 Å². The lowest BCUT2D eigenvalue weighted by Gasteiger charge is -1.97. The summed E-state index contributed by atoms with van der Waals surface area (Å²) in [6, 6.07) is 5.84. The minimum atomic E-state index is -0.445. The lowest BCUT2D eigenvalue weighted by atomic mass is 10.1. The van der Waals surface area contributed by atoms with Crippen molar-refractivity contribution in [3.05, 3.63) is 40.5 Å². The van der Waals surface area contributed by atoms with Crippen molar-refractivity contribution in [3.63, 3.8) is 0 Å². The Hall–Kier alpha value is -2.10. The lowest BCUT2D eigenvalue weighted by Crippen LogP contribution is -1.92. The van der Waals surface area contributed by atoms with Crippen molar-refractivity contribution in [2.75, 3.05) is 0 Å². The molecule has 0 fully saturated rings. The van der Waals surface area contributed by atoms with Crippen molar-refractivity contribution in [1.82, 2.24) is 9.97 Å². The minimum Gasteiger partial charge on any atom is -0.407 e. The molecule has 2 heterocycles. The van der Waals surface area contributed by atoms with Gasteiger partial charge in [0.1, 0.15) is 5.52 Å². The van der Waals surface area contributed by atoms with Crippen LogP contribution in [0.1, 0.15) is 5.56 Å². The molecular weight excluding hydrogens is 192 g/mol. The van der Waals surface area contributed by atoms with Crippen LogP contribution >= 0.6 is 0 Å². The number of H-pyrrole nitrogens is 1. The van der Waals surface area contributed by atoms with Crippen LogP contribution in [0.4, 0.5) is 0 Å². The summed E-state index contributed by atoms with van der Waals surface area (Å²) in [7, 11) is 0. The van der Waals surface area contributed by atoms with Crippen molar-refractivity contribution in [2.24, 2.45) is 0 Å². The minimum absolute atomic E-state index is 0.445. The van der Waals surface area contributed by atoms with E-state index >= 15 is 0 Å². The van der Waals surface area contributed by atoms with E-state index in [1.165, 1.54) is 0 Å². The Bertz CT molecular complexity index is 709. The van der Waals surface area contributed by atoms with E-state index in [1.54, 1.807) is 6.20 Å². The summed E-state index contributed by atoms with van der Waals surface area (Å²) in [5.41, 5.74) is 3.18. The first-order valence-corrected chi connectivity index (χ1v) is 4.62. The fourth-order valence-electron chi connectivity index (χ4n) is 1.71. The normalized spacial score (nSPS) is 11.3. The maximum Gasteiger partial charge on any atom is 0.417 e. The van der Waals surface area contributed by atoms with Crippen LogP contribution in [0.3, 0.4) is 0 Å². The van der Waals surface area contributed by atoms with Gasteiger partial charge in [-0.25, -0.2) is 4.79 Å². The molecule has 0 atom stereocenters. The van der Waals surface area contributed by atoms with Gasteiger partial charge in [-0.2, -0.15) is 0 Å². The summed E-state index contributed by atoms with van der Waals surface area (Å²) in [5.74, 6) is -0.445. The quantitative estimate of drug-likeness (QED) is 0.603. The third-order valence-corrected chi connectivity index (χ3v) is 2.41. The van der Waals surface area contributed by atoms with Crippen LogP contribution in [0.25, 0.3) is 22.0 Å². The van der Waals surface area contributed by atoms with Crippen molar-refractivity contribution in [2.45, 2.75) is 6.92 Å². The number of fused-ring (bicyclic) bond motifs is 3. The maximum absolute atomic E-state index is 11.0. The van der Waals surface area contributed by atoms with Crippen LogP contribution < -0.4 is 5.76 Å². The van der Waals surface area contributed by atoms with Crippen LogP contribution in [-0.4, -0.2) is 9.97 Å². The van der Waals surface area contributed by atoms with Gasteiger partial charge in [0.2, 0.25) is 0 Å². The number of aromatic amines is 1. The van der Waals surface area contributed by atoms with Gasteiger partial charge in [-0.3, -0.25) is 9.97 Å². The highest BCUT2D eigenvalue weighted by Crippen LogP contribution is 2.21. The van der Waals surface area contributed by atoms with Crippen molar-refractivity contribution in [1.29, 1.82) is 0 Å². The molecule has 4 nitrogen and oxygen atoms in total. The number of aryl methyl sites for hydroxylation is 1. The number of nitrogens with zero attached hydrogens (tertiary/aromatic N) is 1. The number of hydrogen-bond donors (Lipinski definition) is 1. The number of pyridine rings is 1. The summed E-state index contributed by atoms with van der Waals surface area (Å²) in [4.78, 5) is 17.9. The Morgan fingerprint density at radius 3 is 3.13 bits per heavy atom. The van der Waals surface area contributed by atoms with Crippen LogP contribution in [0.5, 0.6) is 0 Å².